The largest absolute Gasteiger partial charge is 0.466 e. The predicted octanol–water partition coefficient (Wildman–Crippen LogP) is 18.1. The number of hydrogen-bond donors (Lipinski definition) is 6. The van der Waals surface area contributed by atoms with E-state index in [4.69, 9.17) is 14.2 Å². The number of aliphatic hydroxyl groups excluding tert-OH is 5. The minimum atomic E-state index is -1.58. The summed E-state index contributed by atoms with van der Waals surface area (Å²) in [6.45, 7) is 4.16. The number of allylic oxidation sites excluding steroid dienone is 13. The second-order valence-electron chi connectivity index (χ2n) is 24.2. The molecule has 1 rings (SSSR count). The van der Waals surface area contributed by atoms with E-state index in [2.05, 4.69) is 92.1 Å². The molecule has 0 aromatic heterocycles. The molecule has 492 valence electrons. The first-order valence-corrected chi connectivity index (χ1v) is 35.4. The van der Waals surface area contributed by atoms with Gasteiger partial charge in [-0.3, -0.25) is 9.59 Å². The second kappa shape index (κ2) is 62.4. The van der Waals surface area contributed by atoms with E-state index in [0.717, 1.165) is 83.5 Å². The molecule has 7 unspecified atom stereocenters. The molecule has 1 aliphatic rings. The highest BCUT2D eigenvalue weighted by Crippen LogP contribution is 2.23. The zero-order valence-electron chi connectivity index (χ0n) is 54.5. The molecule has 0 aromatic carbocycles. The van der Waals surface area contributed by atoms with Crippen LogP contribution in [0.4, 0.5) is 0 Å². The van der Waals surface area contributed by atoms with Gasteiger partial charge in [0.2, 0.25) is 5.91 Å². The van der Waals surface area contributed by atoms with Crippen molar-refractivity contribution in [2.75, 3.05) is 19.8 Å². The number of carbonyl (C=O) groups is 2. The summed E-state index contributed by atoms with van der Waals surface area (Å²) in [5, 5.41) is 54.3. The fourth-order valence-corrected chi connectivity index (χ4v) is 10.6. The number of esters is 1. The van der Waals surface area contributed by atoms with E-state index in [1.165, 1.54) is 199 Å². The summed E-state index contributed by atoms with van der Waals surface area (Å²) in [7, 11) is 0. The lowest BCUT2D eigenvalue weighted by Crippen LogP contribution is -2.60. The van der Waals surface area contributed by atoms with Crippen LogP contribution in [-0.4, -0.2) is 100 Å². The number of carbonyl (C=O) groups excluding carboxylic acids is 2. The third kappa shape index (κ3) is 51.4. The monoisotopic (exact) mass is 1190 g/mol. The molecule has 0 spiro atoms. The van der Waals surface area contributed by atoms with Gasteiger partial charge in [-0.15, -0.1) is 0 Å². The summed E-state index contributed by atoms with van der Waals surface area (Å²) < 4.78 is 16.7. The maximum absolute atomic E-state index is 13.0. The van der Waals surface area contributed by atoms with E-state index in [9.17, 15) is 35.1 Å². The minimum absolute atomic E-state index is 0.00890. The molecule has 1 saturated heterocycles. The molecule has 11 heteroatoms. The van der Waals surface area contributed by atoms with Gasteiger partial charge >= 0.3 is 5.97 Å². The second-order valence-corrected chi connectivity index (χ2v) is 24.2. The topological polar surface area (TPSA) is 175 Å². The molecule has 0 bridgehead atoms. The Kier molecular flexibility index (Phi) is 58.7. The molecular weight excluding hydrogens is 1060 g/mol. The lowest BCUT2D eigenvalue weighted by atomic mass is 9.99. The van der Waals surface area contributed by atoms with Crippen molar-refractivity contribution in [3.8, 4) is 0 Å². The van der Waals surface area contributed by atoms with E-state index >= 15 is 0 Å². The van der Waals surface area contributed by atoms with Gasteiger partial charge in [0.05, 0.1) is 32.0 Å². The Morgan fingerprint density at radius 3 is 1.28 bits per heavy atom. The normalized spacial score (nSPS) is 18.5. The average Bonchev–Trinajstić information content (AvgIpc) is 3.39. The highest BCUT2D eigenvalue weighted by Gasteiger charge is 2.44. The van der Waals surface area contributed by atoms with Gasteiger partial charge in [0.15, 0.2) is 6.29 Å². The highest BCUT2D eigenvalue weighted by molar-refractivity contribution is 5.76. The third-order valence-corrected chi connectivity index (χ3v) is 16.2. The minimum Gasteiger partial charge on any atom is -0.466 e. The molecule has 0 radical (unpaired) electrons. The van der Waals surface area contributed by atoms with E-state index < -0.39 is 49.5 Å². The summed E-state index contributed by atoms with van der Waals surface area (Å²) >= 11 is 0. The SMILES string of the molecule is CC/C=C/CC/C=C/CC/C=C/C(O)C(COC1OC(CO)C(O)C(O)C1O)NC(=O)CCCCCCCCCCCCCCCCCCC/C=C\C/C=C\CCCCCCCCCCCOC(=O)CCCCCCC/C=C\C/C=C\CCCC. The zero-order chi connectivity index (χ0) is 61.6. The Balaban J connectivity index is 1.93. The molecule has 0 aromatic rings. The zero-order valence-corrected chi connectivity index (χ0v) is 54.5. The molecule has 0 saturated carbocycles. The van der Waals surface area contributed by atoms with E-state index in [0.29, 0.717) is 19.4 Å². The van der Waals surface area contributed by atoms with Crippen LogP contribution in [0.1, 0.15) is 309 Å². The summed E-state index contributed by atoms with van der Waals surface area (Å²) in [5.74, 6) is -0.206. The summed E-state index contributed by atoms with van der Waals surface area (Å²) in [5.41, 5.74) is 0. The maximum atomic E-state index is 13.0. The van der Waals surface area contributed by atoms with Crippen LogP contribution in [0.3, 0.4) is 0 Å². The van der Waals surface area contributed by atoms with Crippen molar-refractivity contribution in [2.24, 2.45) is 0 Å². The molecule has 1 fully saturated rings. The third-order valence-electron chi connectivity index (χ3n) is 16.2. The Labute approximate surface area is 521 Å². The van der Waals surface area contributed by atoms with Crippen molar-refractivity contribution in [2.45, 2.75) is 352 Å². The summed E-state index contributed by atoms with van der Waals surface area (Å²) in [6.07, 6.45) is 76.0. The number of amides is 1. The van der Waals surface area contributed by atoms with Crippen LogP contribution in [0, 0.1) is 0 Å². The maximum Gasteiger partial charge on any atom is 0.305 e. The van der Waals surface area contributed by atoms with Crippen LogP contribution < -0.4 is 5.32 Å². The van der Waals surface area contributed by atoms with Crippen LogP contribution in [0.15, 0.2) is 85.1 Å². The van der Waals surface area contributed by atoms with Gasteiger partial charge in [-0.1, -0.05) is 272 Å². The lowest BCUT2D eigenvalue weighted by Gasteiger charge is -2.40. The van der Waals surface area contributed by atoms with E-state index in [1.807, 2.05) is 6.08 Å². The van der Waals surface area contributed by atoms with Gasteiger partial charge < -0.3 is 45.1 Å². The standard InChI is InChI=1S/C74H131NO10/c1-3-5-7-9-11-13-15-16-39-42-46-50-54-58-62-70(79)83-63-59-55-51-47-43-40-37-35-33-31-29-27-25-23-21-19-17-18-20-22-24-26-28-30-32-34-36-38-41-45-49-53-57-61-69(78)75-66(65-84-74-73(82)72(81)71(80)68(64-76)85-74)67(77)60-56-52-48-44-14-12-10-8-6-4-2/h6,8-9,11,14-16,21,23,27,29,44,56,60,66-68,71-74,76-77,80-82H,3-5,7,10,12-13,17-20,22,24-26,28,30-43,45-55,57-59,61-65H2,1-2H3,(H,75,78)/b8-6+,11-9-,16-15-,23-21-,29-27-,44-14+,60-56+. The molecule has 85 heavy (non-hydrogen) atoms. The van der Waals surface area contributed by atoms with Crippen molar-refractivity contribution >= 4 is 11.9 Å². The first kappa shape index (κ1) is 79.9. The molecular formula is C74H131NO10. The van der Waals surface area contributed by atoms with Crippen LogP contribution in [0.25, 0.3) is 0 Å². The fraction of sp³-hybridized carbons (Fsp3) is 0.784. The molecule has 1 heterocycles. The quantitative estimate of drug-likeness (QED) is 0.0195. The Bertz CT molecular complexity index is 1690. The Morgan fingerprint density at radius 2 is 0.835 bits per heavy atom. The number of nitrogens with one attached hydrogen (secondary N) is 1. The van der Waals surface area contributed by atoms with Crippen molar-refractivity contribution in [3.63, 3.8) is 0 Å². The van der Waals surface area contributed by atoms with Crippen molar-refractivity contribution in [1.29, 1.82) is 0 Å². The Hall–Kier alpha value is -3.16. The first-order valence-electron chi connectivity index (χ1n) is 35.4. The van der Waals surface area contributed by atoms with Crippen LogP contribution in [-0.2, 0) is 23.8 Å². The van der Waals surface area contributed by atoms with Gasteiger partial charge in [-0.25, -0.2) is 0 Å². The number of rotatable bonds is 61. The average molecular weight is 1190 g/mol. The molecule has 1 aliphatic heterocycles. The molecule has 7 atom stereocenters. The van der Waals surface area contributed by atoms with Gasteiger partial charge in [0.1, 0.15) is 24.4 Å². The van der Waals surface area contributed by atoms with Crippen LogP contribution >= 0.6 is 0 Å². The Morgan fingerprint density at radius 1 is 0.447 bits per heavy atom. The van der Waals surface area contributed by atoms with E-state index in [1.54, 1.807) is 6.08 Å². The fourth-order valence-electron chi connectivity index (χ4n) is 10.6. The van der Waals surface area contributed by atoms with Gasteiger partial charge in [-0.2, -0.15) is 0 Å². The van der Waals surface area contributed by atoms with Crippen LogP contribution in [0.5, 0.6) is 0 Å². The number of hydrogen-bond acceptors (Lipinski definition) is 10. The van der Waals surface area contributed by atoms with Crippen molar-refractivity contribution < 1.29 is 49.3 Å². The number of ether oxygens (including phenoxy) is 3. The molecule has 11 nitrogen and oxygen atoms in total. The lowest BCUT2D eigenvalue weighted by molar-refractivity contribution is -0.302. The summed E-state index contributed by atoms with van der Waals surface area (Å²) in [6, 6.07) is -0.834. The van der Waals surface area contributed by atoms with Gasteiger partial charge in [-0.05, 0) is 109 Å². The van der Waals surface area contributed by atoms with Gasteiger partial charge in [0, 0.05) is 12.8 Å². The van der Waals surface area contributed by atoms with Crippen molar-refractivity contribution in [1.82, 2.24) is 5.32 Å². The smallest absolute Gasteiger partial charge is 0.305 e. The van der Waals surface area contributed by atoms with Crippen LogP contribution in [0.2, 0.25) is 0 Å². The molecule has 6 N–H and O–H groups in total. The first-order chi connectivity index (χ1) is 41.7. The molecule has 1 amide bonds. The highest BCUT2D eigenvalue weighted by atomic mass is 16.7. The van der Waals surface area contributed by atoms with E-state index in [-0.39, 0.29) is 18.5 Å². The van der Waals surface area contributed by atoms with Crippen molar-refractivity contribution in [3.05, 3.63) is 85.1 Å². The number of aliphatic hydroxyl groups is 5. The van der Waals surface area contributed by atoms with Gasteiger partial charge in [0.25, 0.3) is 0 Å². The number of unbranched alkanes of at least 4 members (excludes halogenated alkanes) is 35. The molecule has 0 aliphatic carbocycles. The predicted molar refractivity (Wildman–Crippen MR) is 356 cm³/mol. The summed E-state index contributed by atoms with van der Waals surface area (Å²) in [4.78, 5) is 25.1.